The maximum atomic E-state index is 12.5. The molecule has 1 aromatic carbocycles. The largest absolute Gasteiger partial charge is 0.322 e. The third-order valence-electron chi connectivity index (χ3n) is 4.02. The monoisotopic (exact) mass is 320 g/mol. The Morgan fingerprint density at radius 3 is 3.04 bits per heavy atom. The average Bonchev–Trinajstić information content (AvgIpc) is 3.16. The van der Waals surface area contributed by atoms with Crippen LogP contribution in [0.25, 0.3) is 5.69 Å². The van der Waals surface area contributed by atoms with Crippen molar-refractivity contribution in [3.05, 3.63) is 65.7 Å². The highest BCUT2D eigenvalue weighted by Gasteiger charge is 2.12. The Kier molecular flexibility index (Phi) is 3.76. The highest BCUT2D eigenvalue weighted by molar-refractivity contribution is 6.04. The van der Waals surface area contributed by atoms with E-state index in [1.54, 1.807) is 29.3 Å². The van der Waals surface area contributed by atoms with Crippen LogP contribution < -0.4 is 10.6 Å². The molecule has 2 aromatic heterocycles. The minimum atomic E-state index is -0.201. The summed E-state index contributed by atoms with van der Waals surface area (Å²) in [5.41, 5.74) is 4.51. The molecule has 0 bridgehead atoms. The molecule has 0 saturated carbocycles. The van der Waals surface area contributed by atoms with Gasteiger partial charge in [-0.25, -0.2) is 4.68 Å². The SMILES string of the molecule is O=C(Nc1ccc2c(c1)CNCC2)c1cncc(-n2ccnn2)c1. The van der Waals surface area contributed by atoms with Gasteiger partial charge in [-0.2, -0.15) is 0 Å². The number of fused-ring (bicyclic) bond motifs is 1. The second-order valence-electron chi connectivity index (χ2n) is 5.64. The zero-order valence-corrected chi connectivity index (χ0v) is 12.9. The topological polar surface area (TPSA) is 84.7 Å². The summed E-state index contributed by atoms with van der Waals surface area (Å²) in [6.45, 7) is 1.84. The predicted molar refractivity (Wildman–Crippen MR) is 89.0 cm³/mol. The van der Waals surface area contributed by atoms with Crippen molar-refractivity contribution in [1.82, 2.24) is 25.3 Å². The minimum Gasteiger partial charge on any atom is -0.322 e. The molecule has 0 fully saturated rings. The van der Waals surface area contributed by atoms with Crippen molar-refractivity contribution < 1.29 is 4.79 Å². The Hall–Kier alpha value is -3.06. The van der Waals surface area contributed by atoms with Crippen LogP contribution in [0.5, 0.6) is 0 Å². The molecule has 0 aliphatic carbocycles. The molecular weight excluding hydrogens is 304 g/mol. The third-order valence-corrected chi connectivity index (χ3v) is 4.02. The normalized spacial score (nSPS) is 13.3. The lowest BCUT2D eigenvalue weighted by Gasteiger charge is -2.18. The Balaban J connectivity index is 1.55. The Morgan fingerprint density at radius 1 is 1.21 bits per heavy atom. The van der Waals surface area contributed by atoms with E-state index in [4.69, 9.17) is 0 Å². The predicted octanol–water partition coefficient (Wildman–Crippen LogP) is 1.56. The quantitative estimate of drug-likeness (QED) is 0.765. The summed E-state index contributed by atoms with van der Waals surface area (Å²) >= 11 is 0. The Bertz CT molecular complexity index is 875. The second kappa shape index (κ2) is 6.21. The number of benzene rings is 1. The van der Waals surface area contributed by atoms with E-state index in [9.17, 15) is 4.79 Å². The van der Waals surface area contributed by atoms with Crippen LogP contribution >= 0.6 is 0 Å². The zero-order chi connectivity index (χ0) is 16.4. The summed E-state index contributed by atoms with van der Waals surface area (Å²) in [6, 6.07) is 7.78. The standard InChI is InChI=1S/C17H16N6O/c24-17(14-8-16(11-19-10-14)23-6-5-20-22-23)21-15-2-1-12-3-4-18-9-13(12)7-15/h1-2,5-8,10-11,18H,3-4,9H2,(H,21,24). The van der Waals surface area contributed by atoms with Gasteiger partial charge in [0.1, 0.15) is 0 Å². The fourth-order valence-corrected chi connectivity index (χ4v) is 2.78. The number of aromatic nitrogens is 4. The molecule has 120 valence electrons. The molecule has 2 N–H and O–H groups in total. The lowest BCUT2D eigenvalue weighted by atomic mass is 10.0. The van der Waals surface area contributed by atoms with Gasteiger partial charge in [-0.15, -0.1) is 5.10 Å². The van der Waals surface area contributed by atoms with Crippen molar-refractivity contribution in [1.29, 1.82) is 0 Å². The van der Waals surface area contributed by atoms with Gasteiger partial charge in [-0.1, -0.05) is 11.3 Å². The number of carbonyl (C=O) groups is 1. The molecule has 7 heteroatoms. The number of anilines is 1. The summed E-state index contributed by atoms with van der Waals surface area (Å²) in [5.74, 6) is -0.201. The number of rotatable bonds is 3. The molecular formula is C17H16N6O. The third kappa shape index (κ3) is 2.89. The van der Waals surface area contributed by atoms with Crippen molar-refractivity contribution in [3.63, 3.8) is 0 Å². The van der Waals surface area contributed by atoms with Gasteiger partial charge in [0.25, 0.3) is 5.91 Å². The van der Waals surface area contributed by atoms with E-state index in [1.165, 1.54) is 17.3 Å². The molecule has 7 nitrogen and oxygen atoms in total. The van der Waals surface area contributed by atoms with E-state index in [0.717, 1.165) is 25.2 Å². The maximum absolute atomic E-state index is 12.5. The lowest BCUT2D eigenvalue weighted by Crippen LogP contribution is -2.23. The van der Waals surface area contributed by atoms with Crippen molar-refractivity contribution in [3.8, 4) is 5.69 Å². The van der Waals surface area contributed by atoms with Gasteiger partial charge in [-0.3, -0.25) is 9.78 Å². The van der Waals surface area contributed by atoms with Crippen LogP contribution in [-0.4, -0.2) is 32.4 Å². The first-order valence-corrected chi connectivity index (χ1v) is 7.75. The van der Waals surface area contributed by atoms with E-state index in [1.807, 2.05) is 12.1 Å². The van der Waals surface area contributed by atoms with Crippen LogP contribution in [0.15, 0.2) is 49.1 Å². The minimum absolute atomic E-state index is 0.201. The fourth-order valence-electron chi connectivity index (χ4n) is 2.78. The number of nitrogens with zero attached hydrogens (tertiary/aromatic N) is 4. The van der Waals surface area contributed by atoms with Gasteiger partial charge in [0.2, 0.25) is 0 Å². The molecule has 4 rings (SSSR count). The molecule has 1 amide bonds. The molecule has 0 saturated heterocycles. The van der Waals surface area contributed by atoms with Crippen LogP contribution in [0.1, 0.15) is 21.5 Å². The van der Waals surface area contributed by atoms with Crippen molar-refractivity contribution in [2.45, 2.75) is 13.0 Å². The summed E-state index contributed by atoms with van der Waals surface area (Å²) in [4.78, 5) is 16.6. The average molecular weight is 320 g/mol. The van der Waals surface area contributed by atoms with E-state index in [0.29, 0.717) is 11.3 Å². The van der Waals surface area contributed by atoms with Crippen LogP contribution in [-0.2, 0) is 13.0 Å². The fraction of sp³-hybridized carbons (Fsp3) is 0.176. The lowest BCUT2D eigenvalue weighted by molar-refractivity contribution is 0.102. The van der Waals surface area contributed by atoms with Gasteiger partial charge >= 0.3 is 0 Å². The molecule has 0 radical (unpaired) electrons. The van der Waals surface area contributed by atoms with Gasteiger partial charge < -0.3 is 10.6 Å². The summed E-state index contributed by atoms with van der Waals surface area (Å²) in [5, 5.41) is 13.9. The molecule has 0 atom stereocenters. The summed E-state index contributed by atoms with van der Waals surface area (Å²) in [7, 11) is 0. The van der Waals surface area contributed by atoms with Gasteiger partial charge in [-0.05, 0) is 42.3 Å². The highest BCUT2D eigenvalue weighted by atomic mass is 16.1. The maximum Gasteiger partial charge on any atom is 0.257 e. The van der Waals surface area contributed by atoms with Crippen LogP contribution in [0.3, 0.4) is 0 Å². The zero-order valence-electron chi connectivity index (χ0n) is 12.9. The van der Waals surface area contributed by atoms with E-state index in [-0.39, 0.29) is 5.91 Å². The number of pyridine rings is 1. The molecule has 3 heterocycles. The molecule has 1 aliphatic rings. The van der Waals surface area contributed by atoms with Crippen LogP contribution in [0, 0.1) is 0 Å². The number of amides is 1. The first kappa shape index (κ1) is 14.5. The Labute approximate surface area is 138 Å². The first-order chi connectivity index (χ1) is 11.8. The van der Waals surface area contributed by atoms with E-state index >= 15 is 0 Å². The smallest absolute Gasteiger partial charge is 0.257 e. The molecule has 3 aromatic rings. The first-order valence-electron chi connectivity index (χ1n) is 7.75. The molecule has 0 unspecified atom stereocenters. The van der Waals surface area contributed by atoms with Gasteiger partial charge in [0.15, 0.2) is 0 Å². The van der Waals surface area contributed by atoms with Crippen molar-refractivity contribution in [2.75, 3.05) is 11.9 Å². The molecule has 0 spiro atoms. The molecule has 24 heavy (non-hydrogen) atoms. The Morgan fingerprint density at radius 2 is 2.17 bits per heavy atom. The van der Waals surface area contributed by atoms with Gasteiger partial charge in [0.05, 0.1) is 29.8 Å². The number of carbonyl (C=O) groups excluding carboxylic acids is 1. The van der Waals surface area contributed by atoms with Gasteiger partial charge in [0, 0.05) is 18.4 Å². The number of nitrogens with one attached hydrogen (secondary N) is 2. The van der Waals surface area contributed by atoms with E-state index < -0.39 is 0 Å². The molecule has 1 aliphatic heterocycles. The number of hydrogen-bond acceptors (Lipinski definition) is 5. The van der Waals surface area contributed by atoms with Crippen LogP contribution in [0.4, 0.5) is 5.69 Å². The highest BCUT2D eigenvalue weighted by Crippen LogP contribution is 2.19. The van der Waals surface area contributed by atoms with Crippen LogP contribution in [0.2, 0.25) is 0 Å². The summed E-state index contributed by atoms with van der Waals surface area (Å²) < 4.78 is 1.56. The number of hydrogen-bond donors (Lipinski definition) is 2. The summed E-state index contributed by atoms with van der Waals surface area (Å²) in [6.07, 6.45) is 7.47. The van der Waals surface area contributed by atoms with Crippen molar-refractivity contribution in [2.24, 2.45) is 0 Å². The van der Waals surface area contributed by atoms with E-state index in [2.05, 4.69) is 32.0 Å². The van der Waals surface area contributed by atoms with Crippen molar-refractivity contribution >= 4 is 11.6 Å². The second-order valence-corrected chi connectivity index (χ2v) is 5.64.